The van der Waals surface area contributed by atoms with E-state index in [1.807, 2.05) is 7.05 Å². The van der Waals surface area contributed by atoms with Gasteiger partial charge in [0.1, 0.15) is 0 Å². The van der Waals surface area contributed by atoms with E-state index in [1.165, 1.54) is 32.1 Å². The van der Waals surface area contributed by atoms with Gasteiger partial charge in [0.15, 0.2) is 0 Å². The van der Waals surface area contributed by atoms with Crippen LogP contribution in [0.5, 0.6) is 0 Å². The molecular weight excluding hydrogens is 210 g/mol. The van der Waals surface area contributed by atoms with E-state index < -0.39 is 0 Å². The molecule has 0 aliphatic heterocycles. The van der Waals surface area contributed by atoms with Crippen molar-refractivity contribution in [3.63, 3.8) is 0 Å². The molecule has 4 fully saturated rings. The second-order valence-electron chi connectivity index (χ2n) is 7.34. The van der Waals surface area contributed by atoms with Gasteiger partial charge >= 0.3 is 0 Å². The highest BCUT2D eigenvalue weighted by Crippen LogP contribution is 2.54. The van der Waals surface area contributed by atoms with Crippen molar-refractivity contribution in [3.05, 3.63) is 0 Å². The molecule has 4 aliphatic carbocycles. The summed E-state index contributed by atoms with van der Waals surface area (Å²) in [5, 5.41) is 3.34. The lowest BCUT2D eigenvalue weighted by molar-refractivity contribution is -0.134. The molecule has 0 unspecified atom stereocenters. The van der Waals surface area contributed by atoms with Crippen molar-refractivity contribution in [2.75, 3.05) is 13.7 Å². The first-order chi connectivity index (χ1) is 8.07. The number of likely N-dealkylation sites (N-methyl/N-ethyl adjacent to an activating group) is 1. The smallest absolute Gasteiger partial charge is 0.0646 e. The van der Waals surface area contributed by atoms with Gasteiger partial charge in [-0.05, 0) is 76.7 Å². The molecule has 2 nitrogen and oxygen atoms in total. The van der Waals surface area contributed by atoms with E-state index in [2.05, 4.69) is 19.2 Å². The van der Waals surface area contributed by atoms with Gasteiger partial charge in [0.05, 0.1) is 12.7 Å². The van der Waals surface area contributed by atoms with Crippen molar-refractivity contribution in [1.29, 1.82) is 0 Å². The van der Waals surface area contributed by atoms with Crippen molar-refractivity contribution >= 4 is 0 Å². The summed E-state index contributed by atoms with van der Waals surface area (Å²) in [5.41, 5.74) is 0.120. The Morgan fingerprint density at radius 3 is 2.00 bits per heavy atom. The quantitative estimate of drug-likeness (QED) is 0.812. The Morgan fingerprint density at radius 1 is 1.00 bits per heavy atom. The summed E-state index contributed by atoms with van der Waals surface area (Å²) in [6.07, 6.45) is 7.93. The van der Waals surface area contributed by atoms with Crippen LogP contribution in [0.15, 0.2) is 0 Å². The summed E-state index contributed by atoms with van der Waals surface area (Å²) in [6, 6.07) is 0. The molecule has 0 heterocycles. The predicted octanol–water partition coefficient (Wildman–Crippen LogP) is 2.83. The monoisotopic (exact) mass is 237 g/mol. The van der Waals surface area contributed by atoms with E-state index in [9.17, 15) is 0 Å². The fraction of sp³-hybridized carbons (Fsp3) is 1.00. The maximum atomic E-state index is 6.31. The van der Waals surface area contributed by atoms with Gasteiger partial charge in [-0.1, -0.05) is 0 Å². The van der Waals surface area contributed by atoms with Gasteiger partial charge in [-0.25, -0.2) is 0 Å². The van der Waals surface area contributed by atoms with Crippen molar-refractivity contribution in [1.82, 2.24) is 5.32 Å². The lowest BCUT2D eigenvalue weighted by Crippen LogP contribution is -2.51. The molecule has 0 atom stereocenters. The van der Waals surface area contributed by atoms with E-state index in [1.54, 1.807) is 0 Å². The van der Waals surface area contributed by atoms with Gasteiger partial charge in [-0.3, -0.25) is 0 Å². The fourth-order valence-corrected chi connectivity index (χ4v) is 4.52. The Labute approximate surface area is 105 Å². The van der Waals surface area contributed by atoms with Crippen LogP contribution in [0.3, 0.4) is 0 Å². The van der Waals surface area contributed by atoms with Crippen LogP contribution in [0.1, 0.15) is 46.0 Å². The number of rotatable bonds is 4. The average molecular weight is 237 g/mol. The molecule has 4 aliphatic rings. The number of ether oxygens (including phenoxy) is 1. The Kier molecular flexibility index (Phi) is 2.99. The summed E-state index contributed by atoms with van der Waals surface area (Å²) >= 11 is 0. The topological polar surface area (TPSA) is 21.3 Å². The van der Waals surface area contributed by atoms with E-state index in [-0.39, 0.29) is 5.54 Å². The summed E-state index contributed by atoms with van der Waals surface area (Å²) in [4.78, 5) is 0. The van der Waals surface area contributed by atoms with Crippen molar-refractivity contribution < 1.29 is 4.74 Å². The first-order valence-corrected chi connectivity index (χ1v) is 7.38. The molecule has 0 amide bonds. The summed E-state index contributed by atoms with van der Waals surface area (Å²) in [6.45, 7) is 5.31. The third-order valence-corrected chi connectivity index (χ3v) is 5.45. The molecule has 4 rings (SSSR count). The minimum absolute atomic E-state index is 0.120. The van der Waals surface area contributed by atoms with Gasteiger partial charge in [-0.2, -0.15) is 0 Å². The second-order valence-corrected chi connectivity index (χ2v) is 7.34. The Hall–Kier alpha value is -0.0800. The van der Waals surface area contributed by atoms with Crippen LogP contribution in [-0.4, -0.2) is 25.3 Å². The summed E-state index contributed by atoms with van der Waals surface area (Å²) in [7, 11) is 2.03. The number of hydrogen-bond acceptors (Lipinski definition) is 2. The molecule has 0 saturated heterocycles. The molecule has 4 saturated carbocycles. The third kappa shape index (κ3) is 2.26. The van der Waals surface area contributed by atoms with E-state index in [0.29, 0.717) is 6.10 Å². The van der Waals surface area contributed by atoms with E-state index >= 15 is 0 Å². The molecule has 0 aromatic heterocycles. The summed E-state index contributed by atoms with van der Waals surface area (Å²) in [5.74, 6) is 3.88. The number of nitrogens with one attached hydrogen (secondary N) is 1. The minimum Gasteiger partial charge on any atom is -0.376 e. The maximum absolute atomic E-state index is 6.31. The molecule has 0 aromatic rings. The van der Waals surface area contributed by atoms with Crippen LogP contribution in [0.25, 0.3) is 0 Å². The Morgan fingerprint density at radius 2 is 1.53 bits per heavy atom. The largest absolute Gasteiger partial charge is 0.376 e. The lowest BCUT2D eigenvalue weighted by atomic mass is 9.55. The van der Waals surface area contributed by atoms with E-state index in [4.69, 9.17) is 4.74 Å². The summed E-state index contributed by atoms with van der Waals surface area (Å²) < 4.78 is 6.31. The molecule has 17 heavy (non-hydrogen) atoms. The molecule has 0 aromatic carbocycles. The molecule has 0 radical (unpaired) electrons. The Balaban J connectivity index is 1.61. The van der Waals surface area contributed by atoms with Crippen molar-refractivity contribution in [3.8, 4) is 0 Å². The third-order valence-electron chi connectivity index (χ3n) is 5.45. The highest BCUT2D eigenvalue weighted by atomic mass is 16.5. The SMILES string of the molecule is CNC(C)(C)COC1C2CC3CC(C2)CC1C3. The van der Waals surface area contributed by atoms with Crippen molar-refractivity contribution in [2.45, 2.75) is 57.6 Å². The van der Waals surface area contributed by atoms with E-state index in [0.717, 1.165) is 30.3 Å². The highest BCUT2D eigenvalue weighted by molar-refractivity contribution is 4.99. The predicted molar refractivity (Wildman–Crippen MR) is 69.9 cm³/mol. The van der Waals surface area contributed by atoms with Crippen LogP contribution in [-0.2, 0) is 4.74 Å². The average Bonchev–Trinajstić information content (AvgIpc) is 2.27. The fourth-order valence-electron chi connectivity index (χ4n) is 4.52. The first-order valence-electron chi connectivity index (χ1n) is 7.38. The Bertz CT molecular complexity index is 259. The minimum atomic E-state index is 0.120. The molecular formula is C15H27NO. The number of hydrogen-bond donors (Lipinski definition) is 1. The van der Waals surface area contributed by atoms with Gasteiger partial charge in [-0.15, -0.1) is 0 Å². The van der Waals surface area contributed by atoms with Crippen molar-refractivity contribution in [2.24, 2.45) is 23.7 Å². The maximum Gasteiger partial charge on any atom is 0.0646 e. The standard InChI is InChI=1S/C15H27NO/c1-15(2,16-3)9-17-14-12-5-10-4-11(7-12)8-13(14)6-10/h10-14,16H,4-9H2,1-3H3. The van der Waals surface area contributed by atoms with Crippen LogP contribution in [0, 0.1) is 23.7 Å². The molecule has 1 N–H and O–H groups in total. The van der Waals surface area contributed by atoms with Gasteiger partial charge in [0.2, 0.25) is 0 Å². The van der Waals surface area contributed by atoms with Crippen LogP contribution in [0.4, 0.5) is 0 Å². The van der Waals surface area contributed by atoms with Gasteiger partial charge < -0.3 is 10.1 Å². The lowest BCUT2D eigenvalue weighted by Gasteiger charge is -2.54. The van der Waals surface area contributed by atoms with Crippen LogP contribution < -0.4 is 5.32 Å². The zero-order chi connectivity index (χ0) is 12.0. The molecule has 0 spiro atoms. The van der Waals surface area contributed by atoms with Crippen LogP contribution in [0.2, 0.25) is 0 Å². The zero-order valence-corrected chi connectivity index (χ0v) is 11.5. The molecule has 98 valence electrons. The normalized spacial score (nSPS) is 44.3. The molecule has 4 bridgehead atoms. The zero-order valence-electron chi connectivity index (χ0n) is 11.5. The first kappa shape index (κ1) is 12.0. The van der Waals surface area contributed by atoms with Gasteiger partial charge in [0, 0.05) is 5.54 Å². The second kappa shape index (κ2) is 4.24. The van der Waals surface area contributed by atoms with Gasteiger partial charge in [0.25, 0.3) is 0 Å². The molecule has 2 heteroatoms. The van der Waals surface area contributed by atoms with Crippen LogP contribution >= 0.6 is 0 Å². The highest BCUT2D eigenvalue weighted by Gasteiger charge is 2.48.